The highest BCUT2D eigenvalue weighted by atomic mass is 16.3. The van der Waals surface area contributed by atoms with E-state index in [4.69, 9.17) is 0 Å². The molecule has 0 bridgehead atoms. The van der Waals surface area contributed by atoms with Crippen molar-refractivity contribution in [3.05, 3.63) is 34.2 Å². The van der Waals surface area contributed by atoms with Crippen LogP contribution in [0.4, 0.5) is 5.69 Å². The summed E-state index contributed by atoms with van der Waals surface area (Å²) in [5.74, 6) is -0.328. The molecule has 1 aromatic carbocycles. The van der Waals surface area contributed by atoms with E-state index in [9.17, 15) is 14.5 Å². The van der Waals surface area contributed by atoms with Gasteiger partial charge in [-0.1, -0.05) is 6.92 Å². The van der Waals surface area contributed by atoms with Crippen molar-refractivity contribution in [1.82, 2.24) is 0 Å². The Labute approximate surface area is 87.3 Å². The lowest BCUT2D eigenvalue weighted by atomic mass is 10.0. The Bertz CT molecular complexity index is 424. The van der Waals surface area contributed by atoms with Crippen molar-refractivity contribution in [3.8, 4) is 0 Å². The third kappa shape index (κ3) is 2.34. The molecule has 0 N–H and O–H groups in total. The van der Waals surface area contributed by atoms with Crippen LogP contribution in [-0.4, -0.2) is 11.6 Å². The van der Waals surface area contributed by atoms with Gasteiger partial charge in [-0.2, -0.15) is 0 Å². The number of nitrogens with zero attached hydrogens (tertiary/aromatic N) is 1. The van der Waals surface area contributed by atoms with Crippen molar-refractivity contribution in [1.29, 1.82) is 0 Å². The molecule has 1 rings (SSSR count). The first-order valence-electron chi connectivity index (χ1n) is 4.61. The van der Waals surface area contributed by atoms with Crippen LogP contribution in [-0.2, 0) is 0 Å². The molecule has 0 saturated carbocycles. The summed E-state index contributed by atoms with van der Waals surface area (Å²) in [6.45, 7) is 3.10. The second-order valence-corrected chi connectivity index (χ2v) is 3.16. The van der Waals surface area contributed by atoms with Crippen LogP contribution in [0.25, 0.3) is 0 Å². The van der Waals surface area contributed by atoms with E-state index in [0.717, 1.165) is 0 Å². The normalized spacial score (nSPS) is 9.73. The summed E-state index contributed by atoms with van der Waals surface area (Å²) in [4.78, 5) is 33.0. The maximum absolute atomic E-state index is 11.5. The Hall–Kier alpha value is -1.84. The minimum atomic E-state index is -0.187. The fourth-order valence-corrected chi connectivity index (χ4v) is 1.25. The number of carbonyl (C=O) groups excluding carboxylic acids is 2. The van der Waals surface area contributed by atoms with Gasteiger partial charge in [0.2, 0.25) is 0 Å². The first-order chi connectivity index (χ1) is 7.10. The lowest BCUT2D eigenvalue weighted by molar-refractivity contribution is 0.0989. The molecule has 0 spiro atoms. The van der Waals surface area contributed by atoms with E-state index in [1.807, 2.05) is 0 Å². The summed E-state index contributed by atoms with van der Waals surface area (Å²) in [6, 6.07) is 4.31. The lowest BCUT2D eigenvalue weighted by Gasteiger charge is -2.02. The van der Waals surface area contributed by atoms with Crippen LogP contribution in [0.3, 0.4) is 0 Å². The predicted octanol–water partition coefficient (Wildman–Crippen LogP) is 2.88. The number of benzene rings is 1. The zero-order chi connectivity index (χ0) is 11.4. The van der Waals surface area contributed by atoms with E-state index in [-0.39, 0.29) is 29.2 Å². The largest absolute Gasteiger partial charge is 0.295 e. The molecule has 0 radical (unpaired) electrons. The summed E-state index contributed by atoms with van der Waals surface area (Å²) >= 11 is 0. The monoisotopic (exact) mass is 205 g/mol. The van der Waals surface area contributed by atoms with Gasteiger partial charge >= 0.3 is 0 Å². The number of Topliss-reactive ketones (excluding diaryl/α,β-unsaturated/α-hetero) is 2. The number of carbonyl (C=O) groups is 2. The second kappa shape index (κ2) is 4.59. The summed E-state index contributed by atoms with van der Waals surface area (Å²) in [6.07, 6.45) is 0.282. The van der Waals surface area contributed by atoms with E-state index in [2.05, 4.69) is 5.18 Å². The van der Waals surface area contributed by atoms with Crippen LogP contribution in [0.15, 0.2) is 23.4 Å². The summed E-state index contributed by atoms with van der Waals surface area (Å²) in [7, 11) is 0. The van der Waals surface area contributed by atoms with E-state index < -0.39 is 0 Å². The highest BCUT2D eigenvalue weighted by molar-refractivity contribution is 6.03. The molecule has 0 fully saturated rings. The smallest absolute Gasteiger partial charge is 0.164 e. The van der Waals surface area contributed by atoms with Gasteiger partial charge in [-0.3, -0.25) is 9.59 Å². The molecule has 0 aromatic heterocycles. The Morgan fingerprint density at radius 3 is 2.47 bits per heavy atom. The molecule has 4 nitrogen and oxygen atoms in total. The second-order valence-electron chi connectivity index (χ2n) is 3.16. The summed E-state index contributed by atoms with van der Waals surface area (Å²) < 4.78 is 0. The SMILES string of the molecule is CCC(=O)c1cc(C(C)=O)ccc1N=O. The van der Waals surface area contributed by atoms with Crippen molar-refractivity contribution < 1.29 is 9.59 Å². The molecular formula is C11H11NO3. The third-order valence-corrected chi connectivity index (χ3v) is 2.12. The molecule has 15 heavy (non-hydrogen) atoms. The minimum absolute atomic E-state index is 0.0897. The third-order valence-electron chi connectivity index (χ3n) is 2.12. The van der Waals surface area contributed by atoms with Gasteiger partial charge < -0.3 is 0 Å². The van der Waals surface area contributed by atoms with Gasteiger partial charge in [-0.25, -0.2) is 0 Å². The maximum atomic E-state index is 11.5. The van der Waals surface area contributed by atoms with Gasteiger partial charge in [0.05, 0.1) is 0 Å². The van der Waals surface area contributed by atoms with Crippen LogP contribution in [0.1, 0.15) is 41.0 Å². The topological polar surface area (TPSA) is 63.6 Å². The first-order valence-corrected chi connectivity index (χ1v) is 4.61. The highest BCUT2D eigenvalue weighted by Crippen LogP contribution is 2.22. The first kappa shape index (κ1) is 11.2. The molecule has 0 aliphatic carbocycles. The molecule has 0 unspecified atom stereocenters. The molecule has 4 heteroatoms. The van der Waals surface area contributed by atoms with Crippen LogP contribution in [0, 0.1) is 4.91 Å². The van der Waals surface area contributed by atoms with Crippen LogP contribution in [0.5, 0.6) is 0 Å². The molecule has 0 aliphatic rings. The molecular weight excluding hydrogens is 194 g/mol. The number of hydrogen-bond donors (Lipinski definition) is 0. The van der Waals surface area contributed by atoms with Gasteiger partial charge in [0.25, 0.3) is 0 Å². The zero-order valence-corrected chi connectivity index (χ0v) is 8.61. The maximum Gasteiger partial charge on any atom is 0.164 e. The highest BCUT2D eigenvalue weighted by Gasteiger charge is 2.12. The summed E-state index contributed by atoms with van der Waals surface area (Å²) in [5, 5.41) is 2.76. The van der Waals surface area contributed by atoms with Crippen molar-refractivity contribution in [2.45, 2.75) is 20.3 Å². The van der Waals surface area contributed by atoms with E-state index in [1.54, 1.807) is 6.92 Å². The summed E-state index contributed by atoms with van der Waals surface area (Å²) in [5.41, 5.74) is 0.728. The minimum Gasteiger partial charge on any atom is -0.295 e. The van der Waals surface area contributed by atoms with Gasteiger partial charge in [0.1, 0.15) is 5.69 Å². The molecule has 0 saturated heterocycles. The van der Waals surface area contributed by atoms with Crippen molar-refractivity contribution >= 4 is 17.3 Å². The number of hydrogen-bond acceptors (Lipinski definition) is 4. The van der Waals surface area contributed by atoms with E-state index in [1.165, 1.54) is 25.1 Å². The Morgan fingerprint density at radius 2 is 2.00 bits per heavy atom. The number of rotatable bonds is 4. The van der Waals surface area contributed by atoms with Crippen LogP contribution in [0.2, 0.25) is 0 Å². The van der Waals surface area contributed by atoms with Crippen LogP contribution >= 0.6 is 0 Å². The van der Waals surface area contributed by atoms with E-state index in [0.29, 0.717) is 5.56 Å². The quantitative estimate of drug-likeness (QED) is 0.560. The van der Waals surface area contributed by atoms with Crippen molar-refractivity contribution in [2.24, 2.45) is 5.18 Å². The number of ketones is 2. The predicted molar refractivity (Wildman–Crippen MR) is 56.5 cm³/mol. The van der Waals surface area contributed by atoms with Crippen molar-refractivity contribution in [2.75, 3.05) is 0 Å². The molecule has 0 amide bonds. The fourth-order valence-electron chi connectivity index (χ4n) is 1.25. The zero-order valence-electron chi connectivity index (χ0n) is 8.61. The lowest BCUT2D eigenvalue weighted by Crippen LogP contribution is -2.00. The Kier molecular flexibility index (Phi) is 3.44. The van der Waals surface area contributed by atoms with Gasteiger partial charge in [0, 0.05) is 17.5 Å². The molecule has 0 heterocycles. The van der Waals surface area contributed by atoms with E-state index >= 15 is 0 Å². The number of nitroso groups, excluding NO2 is 1. The Balaban J connectivity index is 3.31. The molecule has 0 atom stereocenters. The van der Waals surface area contributed by atoms with Gasteiger partial charge in [0.15, 0.2) is 11.6 Å². The van der Waals surface area contributed by atoms with Crippen LogP contribution < -0.4 is 0 Å². The van der Waals surface area contributed by atoms with Crippen molar-refractivity contribution in [3.63, 3.8) is 0 Å². The van der Waals surface area contributed by atoms with Gasteiger partial charge in [-0.05, 0) is 30.3 Å². The molecule has 1 aromatic rings. The standard InChI is InChI=1S/C11H11NO3/c1-3-11(14)9-6-8(7(2)13)4-5-10(9)12-15/h4-6H,3H2,1-2H3. The average Bonchev–Trinajstić information content (AvgIpc) is 2.27. The fraction of sp³-hybridized carbons (Fsp3) is 0.273. The van der Waals surface area contributed by atoms with Gasteiger partial charge in [-0.15, -0.1) is 4.91 Å². The molecule has 78 valence electrons. The molecule has 0 aliphatic heterocycles. The Morgan fingerprint density at radius 1 is 1.33 bits per heavy atom. The average molecular weight is 205 g/mol.